The summed E-state index contributed by atoms with van der Waals surface area (Å²) >= 11 is 0. The SMILES string of the molecule is CC(C)CCC[C@H]1CC[C@](C)(C(=O)N[C@@H](C)C(=O)O)CC1. The summed E-state index contributed by atoms with van der Waals surface area (Å²) in [6, 6.07) is -0.807. The number of amides is 1. The van der Waals surface area contributed by atoms with Gasteiger partial charge in [0.15, 0.2) is 0 Å². The lowest BCUT2D eigenvalue weighted by atomic mass is 9.70. The maximum Gasteiger partial charge on any atom is 0.325 e. The number of carboxylic acids is 1. The van der Waals surface area contributed by atoms with Crippen molar-refractivity contribution >= 4 is 11.9 Å². The van der Waals surface area contributed by atoms with Crippen LogP contribution in [-0.2, 0) is 9.59 Å². The highest BCUT2D eigenvalue weighted by Gasteiger charge is 2.38. The van der Waals surface area contributed by atoms with Crippen LogP contribution in [0.1, 0.15) is 72.6 Å². The second kappa shape index (κ2) is 7.81. The maximum absolute atomic E-state index is 12.3. The average Bonchev–Trinajstić information content (AvgIpc) is 2.40. The van der Waals surface area contributed by atoms with Crippen LogP contribution in [0.3, 0.4) is 0 Å². The molecule has 1 aliphatic carbocycles. The van der Waals surface area contributed by atoms with Crippen molar-refractivity contribution in [1.29, 1.82) is 0 Å². The van der Waals surface area contributed by atoms with Crippen LogP contribution in [0.4, 0.5) is 0 Å². The molecule has 1 rings (SSSR count). The van der Waals surface area contributed by atoms with E-state index in [1.54, 1.807) is 0 Å². The molecule has 0 aromatic heterocycles. The second-order valence-electron chi connectivity index (χ2n) is 7.36. The van der Waals surface area contributed by atoms with Crippen molar-refractivity contribution in [3.05, 3.63) is 0 Å². The van der Waals surface area contributed by atoms with Crippen molar-refractivity contribution in [3.63, 3.8) is 0 Å². The molecular formula is C17H31NO3. The standard InChI is InChI=1S/C17H31NO3/c1-12(2)6-5-7-14-8-10-17(4,11-9-14)16(21)18-13(3)15(19)20/h12-14H,5-11H2,1-4H3,(H,18,21)(H,19,20)/t13-,14-,17-/m0/s1. The summed E-state index contributed by atoms with van der Waals surface area (Å²) in [7, 11) is 0. The third-order valence-electron chi connectivity index (χ3n) is 4.87. The van der Waals surface area contributed by atoms with E-state index in [2.05, 4.69) is 19.2 Å². The fourth-order valence-electron chi connectivity index (χ4n) is 3.08. The third kappa shape index (κ3) is 5.68. The summed E-state index contributed by atoms with van der Waals surface area (Å²) in [5, 5.41) is 11.5. The molecule has 122 valence electrons. The zero-order chi connectivity index (χ0) is 16.0. The molecule has 0 radical (unpaired) electrons. The Morgan fingerprint density at radius 1 is 1.24 bits per heavy atom. The van der Waals surface area contributed by atoms with Crippen LogP contribution < -0.4 is 5.32 Å². The quantitative estimate of drug-likeness (QED) is 0.754. The van der Waals surface area contributed by atoms with Crippen LogP contribution in [0.2, 0.25) is 0 Å². The van der Waals surface area contributed by atoms with E-state index >= 15 is 0 Å². The monoisotopic (exact) mass is 297 g/mol. The molecule has 0 bridgehead atoms. The van der Waals surface area contributed by atoms with Gasteiger partial charge in [-0.15, -0.1) is 0 Å². The van der Waals surface area contributed by atoms with Gasteiger partial charge in [-0.3, -0.25) is 9.59 Å². The molecule has 1 aliphatic rings. The van der Waals surface area contributed by atoms with Crippen LogP contribution in [0.5, 0.6) is 0 Å². The van der Waals surface area contributed by atoms with Crippen LogP contribution in [0.25, 0.3) is 0 Å². The van der Waals surface area contributed by atoms with Crippen molar-refractivity contribution in [3.8, 4) is 0 Å². The lowest BCUT2D eigenvalue weighted by Crippen LogP contribution is -2.47. The van der Waals surface area contributed by atoms with E-state index in [0.717, 1.165) is 37.5 Å². The van der Waals surface area contributed by atoms with Gasteiger partial charge < -0.3 is 10.4 Å². The molecule has 21 heavy (non-hydrogen) atoms. The number of carbonyl (C=O) groups is 2. The van der Waals surface area contributed by atoms with Gasteiger partial charge in [-0.05, 0) is 44.4 Å². The van der Waals surface area contributed by atoms with Crippen molar-refractivity contribution in [1.82, 2.24) is 5.32 Å². The minimum Gasteiger partial charge on any atom is -0.480 e. The minimum absolute atomic E-state index is 0.0990. The van der Waals surface area contributed by atoms with Crippen molar-refractivity contribution < 1.29 is 14.7 Å². The molecule has 0 aliphatic heterocycles. The van der Waals surface area contributed by atoms with Crippen molar-refractivity contribution in [2.75, 3.05) is 0 Å². The Morgan fingerprint density at radius 2 is 1.81 bits per heavy atom. The zero-order valence-electron chi connectivity index (χ0n) is 13.9. The minimum atomic E-state index is -0.977. The molecule has 1 fully saturated rings. The van der Waals surface area contributed by atoms with Gasteiger partial charge in [-0.2, -0.15) is 0 Å². The van der Waals surface area contributed by atoms with Crippen LogP contribution >= 0.6 is 0 Å². The smallest absolute Gasteiger partial charge is 0.325 e. The highest BCUT2D eigenvalue weighted by molar-refractivity contribution is 5.87. The summed E-state index contributed by atoms with van der Waals surface area (Å²) in [6.45, 7) is 8.00. The molecule has 1 amide bonds. The van der Waals surface area contributed by atoms with Gasteiger partial charge in [0, 0.05) is 5.41 Å². The van der Waals surface area contributed by atoms with Crippen LogP contribution in [0.15, 0.2) is 0 Å². The predicted molar refractivity (Wildman–Crippen MR) is 84.0 cm³/mol. The van der Waals surface area contributed by atoms with E-state index in [-0.39, 0.29) is 5.91 Å². The molecule has 0 spiro atoms. The number of hydrogen-bond donors (Lipinski definition) is 2. The van der Waals surface area contributed by atoms with E-state index in [4.69, 9.17) is 5.11 Å². The van der Waals surface area contributed by atoms with E-state index in [9.17, 15) is 9.59 Å². The first-order valence-electron chi connectivity index (χ1n) is 8.28. The van der Waals surface area contributed by atoms with Gasteiger partial charge in [0.25, 0.3) is 0 Å². The van der Waals surface area contributed by atoms with E-state index in [1.807, 2.05) is 6.92 Å². The number of aliphatic carboxylic acids is 1. The highest BCUT2D eigenvalue weighted by atomic mass is 16.4. The molecule has 4 heteroatoms. The van der Waals surface area contributed by atoms with Gasteiger partial charge in [0.1, 0.15) is 6.04 Å². The first-order chi connectivity index (χ1) is 9.74. The second-order valence-corrected chi connectivity index (χ2v) is 7.36. The summed E-state index contributed by atoms with van der Waals surface area (Å²) < 4.78 is 0. The van der Waals surface area contributed by atoms with Crippen molar-refractivity contribution in [2.45, 2.75) is 78.7 Å². The molecule has 0 heterocycles. The highest BCUT2D eigenvalue weighted by Crippen LogP contribution is 2.40. The number of rotatable bonds is 7. The molecule has 4 nitrogen and oxygen atoms in total. The Bertz CT molecular complexity index is 357. The average molecular weight is 297 g/mol. The number of hydrogen-bond acceptors (Lipinski definition) is 2. The Hall–Kier alpha value is -1.06. The van der Waals surface area contributed by atoms with Gasteiger partial charge >= 0.3 is 5.97 Å². The molecule has 0 saturated heterocycles. The predicted octanol–water partition coefficient (Wildman–Crippen LogP) is 3.60. The fraction of sp³-hybridized carbons (Fsp3) is 0.882. The zero-order valence-corrected chi connectivity index (χ0v) is 13.9. The fourth-order valence-corrected chi connectivity index (χ4v) is 3.08. The van der Waals surface area contributed by atoms with Crippen molar-refractivity contribution in [2.24, 2.45) is 17.3 Å². The first kappa shape index (κ1) is 18.0. The number of carbonyl (C=O) groups excluding carboxylic acids is 1. The third-order valence-corrected chi connectivity index (χ3v) is 4.87. The number of nitrogens with one attached hydrogen (secondary N) is 1. The van der Waals surface area contributed by atoms with Crippen LogP contribution in [0, 0.1) is 17.3 Å². The normalized spacial score (nSPS) is 27.4. The first-order valence-corrected chi connectivity index (χ1v) is 8.28. The lowest BCUT2D eigenvalue weighted by molar-refractivity contribution is -0.143. The van der Waals surface area contributed by atoms with Gasteiger partial charge in [-0.1, -0.05) is 40.0 Å². The largest absolute Gasteiger partial charge is 0.480 e. The Labute approximate surface area is 128 Å². The summed E-state index contributed by atoms with van der Waals surface area (Å²) in [5.41, 5.74) is -0.391. The van der Waals surface area contributed by atoms with Gasteiger partial charge in [0.2, 0.25) is 5.91 Å². The molecule has 1 atom stereocenters. The molecule has 2 N–H and O–H groups in total. The lowest BCUT2D eigenvalue weighted by Gasteiger charge is -2.36. The van der Waals surface area contributed by atoms with Crippen LogP contribution in [-0.4, -0.2) is 23.0 Å². The van der Waals surface area contributed by atoms with E-state index in [0.29, 0.717) is 0 Å². The van der Waals surface area contributed by atoms with E-state index in [1.165, 1.54) is 26.2 Å². The molecule has 0 aromatic carbocycles. The van der Waals surface area contributed by atoms with Gasteiger partial charge in [-0.25, -0.2) is 0 Å². The van der Waals surface area contributed by atoms with E-state index < -0.39 is 17.4 Å². The molecule has 1 saturated carbocycles. The number of carboxylic acid groups (broad SMARTS) is 1. The Morgan fingerprint density at radius 3 is 2.29 bits per heavy atom. The topological polar surface area (TPSA) is 66.4 Å². The molecular weight excluding hydrogens is 266 g/mol. The Balaban J connectivity index is 2.39. The van der Waals surface area contributed by atoms with Gasteiger partial charge in [0.05, 0.1) is 0 Å². The Kier molecular flexibility index (Phi) is 6.69. The summed E-state index contributed by atoms with van der Waals surface area (Å²) in [6.07, 6.45) is 7.75. The summed E-state index contributed by atoms with van der Waals surface area (Å²) in [4.78, 5) is 23.1. The maximum atomic E-state index is 12.3. The molecule has 0 unspecified atom stereocenters. The molecule has 0 aromatic rings. The summed E-state index contributed by atoms with van der Waals surface area (Å²) in [5.74, 6) is 0.427.